The van der Waals surface area contributed by atoms with Crippen molar-refractivity contribution in [2.24, 2.45) is 0 Å². The molecule has 2 heterocycles. The van der Waals surface area contributed by atoms with Crippen LogP contribution in [0.3, 0.4) is 0 Å². The molecule has 0 aliphatic carbocycles. The Morgan fingerprint density at radius 1 is 1.23 bits per heavy atom. The zero-order valence-corrected chi connectivity index (χ0v) is 17.8. The maximum atomic E-state index is 14.2. The van der Waals surface area contributed by atoms with Gasteiger partial charge in [-0.1, -0.05) is 60.4 Å². The fourth-order valence-electron chi connectivity index (χ4n) is 3.10. The average Bonchev–Trinajstić information content (AvgIpc) is 3.28. The van der Waals surface area contributed by atoms with Crippen molar-refractivity contribution in [1.82, 2.24) is 14.7 Å². The zero-order chi connectivity index (χ0) is 21.3. The monoisotopic (exact) mass is 435 g/mol. The van der Waals surface area contributed by atoms with E-state index >= 15 is 0 Å². The number of hydrogen-bond acceptors (Lipinski definition) is 4. The highest BCUT2D eigenvalue weighted by atomic mass is 32.2. The molecule has 1 fully saturated rings. The highest BCUT2D eigenvalue weighted by Gasteiger charge is 2.31. The quantitative estimate of drug-likeness (QED) is 0.307. The molecule has 3 aromatic rings. The third-order valence-electron chi connectivity index (χ3n) is 4.68. The largest absolute Gasteiger partial charge is 0.289 e. The van der Waals surface area contributed by atoms with Gasteiger partial charge < -0.3 is 0 Å². The number of aryl methyl sites for hydroxylation is 1. The SMILES string of the molecule is C=CCN1C(=O)/C(=C/c2cn(-c3ccccc3)nc2-c2ccc(C)c(F)c2)SC1=S. The number of nitrogens with zero attached hydrogens (tertiary/aromatic N) is 3. The van der Waals surface area contributed by atoms with Gasteiger partial charge in [0.25, 0.3) is 5.91 Å². The van der Waals surface area contributed by atoms with E-state index in [0.29, 0.717) is 38.2 Å². The molecule has 0 spiro atoms. The Balaban J connectivity index is 1.83. The average molecular weight is 436 g/mol. The molecule has 1 amide bonds. The molecule has 0 saturated carbocycles. The molecule has 4 rings (SSSR count). The van der Waals surface area contributed by atoms with Crippen molar-refractivity contribution in [3.05, 3.63) is 89.2 Å². The van der Waals surface area contributed by atoms with Gasteiger partial charge in [0.15, 0.2) is 0 Å². The van der Waals surface area contributed by atoms with Gasteiger partial charge in [-0.2, -0.15) is 5.10 Å². The van der Waals surface area contributed by atoms with E-state index in [2.05, 4.69) is 11.7 Å². The highest BCUT2D eigenvalue weighted by molar-refractivity contribution is 8.26. The summed E-state index contributed by atoms with van der Waals surface area (Å²) >= 11 is 6.57. The Kier molecular flexibility index (Phi) is 5.65. The van der Waals surface area contributed by atoms with E-state index in [4.69, 9.17) is 12.2 Å². The predicted molar refractivity (Wildman–Crippen MR) is 124 cm³/mol. The van der Waals surface area contributed by atoms with Gasteiger partial charge in [0.2, 0.25) is 0 Å². The van der Waals surface area contributed by atoms with E-state index in [1.165, 1.54) is 22.7 Å². The van der Waals surface area contributed by atoms with Crippen LogP contribution < -0.4 is 0 Å². The van der Waals surface area contributed by atoms with Crippen molar-refractivity contribution in [3.63, 3.8) is 0 Å². The third-order valence-corrected chi connectivity index (χ3v) is 6.06. The highest BCUT2D eigenvalue weighted by Crippen LogP contribution is 2.35. The maximum absolute atomic E-state index is 14.2. The van der Waals surface area contributed by atoms with E-state index in [1.54, 1.807) is 29.8 Å². The Labute approximate surface area is 183 Å². The van der Waals surface area contributed by atoms with Gasteiger partial charge >= 0.3 is 0 Å². The number of carbonyl (C=O) groups is 1. The molecule has 4 nitrogen and oxygen atoms in total. The number of aromatic nitrogens is 2. The number of amides is 1. The number of thioether (sulfide) groups is 1. The van der Waals surface area contributed by atoms with Crippen LogP contribution in [0.2, 0.25) is 0 Å². The summed E-state index contributed by atoms with van der Waals surface area (Å²) in [4.78, 5) is 14.8. The third kappa shape index (κ3) is 3.86. The van der Waals surface area contributed by atoms with Crippen molar-refractivity contribution >= 4 is 40.3 Å². The molecular weight excluding hydrogens is 417 g/mol. The second-order valence-electron chi connectivity index (χ2n) is 6.76. The lowest BCUT2D eigenvalue weighted by molar-refractivity contribution is -0.121. The first-order valence-corrected chi connectivity index (χ1v) is 10.5. The first-order valence-electron chi connectivity index (χ1n) is 9.26. The van der Waals surface area contributed by atoms with Crippen LogP contribution in [0, 0.1) is 12.7 Å². The van der Waals surface area contributed by atoms with Crippen molar-refractivity contribution in [1.29, 1.82) is 0 Å². The summed E-state index contributed by atoms with van der Waals surface area (Å²) in [7, 11) is 0. The molecule has 0 atom stereocenters. The Bertz CT molecular complexity index is 1180. The molecule has 2 aromatic carbocycles. The smallest absolute Gasteiger partial charge is 0.266 e. The van der Waals surface area contributed by atoms with Crippen LogP contribution in [-0.4, -0.2) is 31.5 Å². The fourth-order valence-corrected chi connectivity index (χ4v) is 4.36. The van der Waals surface area contributed by atoms with Crippen LogP contribution >= 0.6 is 24.0 Å². The molecule has 0 unspecified atom stereocenters. The first kappa shape index (κ1) is 20.3. The molecule has 0 N–H and O–H groups in total. The van der Waals surface area contributed by atoms with Crippen molar-refractivity contribution in [3.8, 4) is 16.9 Å². The van der Waals surface area contributed by atoms with Gasteiger partial charge in [-0.15, -0.1) is 6.58 Å². The van der Waals surface area contributed by atoms with Gasteiger partial charge in [-0.25, -0.2) is 9.07 Å². The standard InChI is InChI=1S/C23H18FN3OS2/c1-3-11-26-22(28)20(30-23(26)29)13-17-14-27(18-7-5-4-6-8-18)25-21(17)16-10-9-15(2)19(24)12-16/h3-10,12-14H,1,11H2,2H3/b20-13-. The number of rotatable bonds is 5. The topological polar surface area (TPSA) is 38.1 Å². The van der Waals surface area contributed by atoms with Crippen LogP contribution in [0.25, 0.3) is 23.0 Å². The van der Waals surface area contributed by atoms with E-state index in [-0.39, 0.29) is 11.7 Å². The van der Waals surface area contributed by atoms with Crippen LogP contribution in [-0.2, 0) is 4.79 Å². The van der Waals surface area contributed by atoms with E-state index < -0.39 is 0 Å². The minimum atomic E-state index is -0.301. The molecule has 7 heteroatoms. The minimum absolute atomic E-state index is 0.168. The van der Waals surface area contributed by atoms with Crippen molar-refractivity contribution in [2.75, 3.05) is 6.54 Å². The van der Waals surface area contributed by atoms with Crippen LogP contribution in [0.1, 0.15) is 11.1 Å². The lowest BCUT2D eigenvalue weighted by Crippen LogP contribution is -2.27. The number of halogens is 1. The molecule has 1 aromatic heterocycles. The van der Waals surface area contributed by atoms with Crippen LogP contribution in [0.4, 0.5) is 4.39 Å². The Morgan fingerprint density at radius 3 is 2.70 bits per heavy atom. The minimum Gasteiger partial charge on any atom is -0.289 e. The zero-order valence-electron chi connectivity index (χ0n) is 16.2. The van der Waals surface area contributed by atoms with Gasteiger partial charge in [-0.05, 0) is 36.8 Å². The summed E-state index contributed by atoms with van der Waals surface area (Å²) in [5.41, 5.74) is 3.37. The summed E-state index contributed by atoms with van der Waals surface area (Å²) in [6, 6.07) is 14.6. The number of carbonyl (C=O) groups excluding carboxylic acids is 1. The Hall–Kier alpha value is -3.03. The summed E-state index contributed by atoms with van der Waals surface area (Å²) < 4.78 is 16.5. The molecular formula is C23H18FN3OS2. The molecule has 0 radical (unpaired) electrons. The van der Waals surface area contributed by atoms with E-state index in [9.17, 15) is 9.18 Å². The van der Waals surface area contributed by atoms with Gasteiger partial charge in [0.1, 0.15) is 15.8 Å². The molecule has 150 valence electrons. The van der Waals surface area contributed by atoms with Gasteiger partial charge in [0.05, 0.1) is 10.6 Å². The molecule has 1 saturated heterocycles. The molecule has 0 bridgehead atoms. The fraction of sp³-hybridized carbons (Fsp3) is 0.0870. The summed E-state index contributed by atoms with van der Waals surface area (Å²) in [5, 5.41) is 4.69. The van der Waals surface area contributed by atoms with Crippen molar-refractivity contribution in [2.45, 2.75) is 6.92 Å². The summed E-state index contributed by atoms with van der Waals surface area (Å²) in [5.74, 6) is -0.469. The second kappa shape index (κ2) is 8.38. The number of benzene rings is 2. The van der Waals surface area contributed by atoms with Crippen molar-refractivity contribution < 1.29 is 9.18 Å². The molecule has 1 aliphatic heterocycles. The summed E-state index contributed by atoms with van der Waals surface area (Å²) in [6.45, 7) is 5.76. The predicted octanol–water partition coefficient (Wildman–Crippen LogP) is 5.37. The number of hydrogen-bond donors (Lipinski definition) is 0. The van der Waals surface area contributed by atoms with E-state index in [0.717, 1.165) is 5.69 Å². The van der Waals surface area contributed by atoms with E-state index in [1.807, 2.05) is 42.6 Å². The van der Waals surface area contributed by atoms with Gasteiger partial charge in [-0.3, -0.25) is 9.69 Å². The number of para-hydroxylation sites is 1. The Morgan fingerprint density at radius 2 is 2.00 bits per heavy atom. The lowest BCUT2D eigenvalue weighted by Gasteiger charge is -2.10. The molecule has 1 aliphatic rings. The maximum Gasteiger partial charge on any atom is 0.266 e. The van der Waals surface area contributed by atoms with Crippen LogP contribution in [0.15, 0.2) is 72.3 Å². The molecule has 30 heavy (non-hydrogen) atoms. The lowest BCUT2D eigenvalue weighted by atomic mass is 10.1. The summed E-state index contributed by atoms with van der Waals surface area (Å²) in [6.07, 6.45) is 5.24. The van der Waals surface area contributed by atoms with Crippen LogP contribution in [0.5, 0.6) is 0 Å². The second-order valence-corrected chi connectivity index (χ2v) is 8.43. The normalized spacial score (nSPS) is 15.3. The van der Waals surface area contributed by atoms with Gasteiger partial charge in [0, 0.05) is 23.9 Å². The number of thiocarbonyl (C=S) groups is 1. The first-order chi connectivity index (χ1) is 14.5.